The Hall–Kier alpha value is -1.56. The number of piperidine rings is 1. The highest BCUT2D eigenvalue weighted by atomic mass is 16.5. The van der Waals surface area contributed by atoms with Crippen LogP contribution in [0.3, 0.4) is 0 Å². The van der Waals surface area contributed by atoms with Crippen LogP contribution in [-0.2, 0) is 17.7 Å². The molecule has 2 unspecified atom stereocenters. The number of nitrogens with zero attached hydrogens (tertiary/aromatic N) is 3. The van der Waals surface area contributed by atoms with E-state index in [1.54, 1.807) is 4.90 Å². The minimum atomic E-state index is -0.235. The van der Waals surface area contributed by atoms with E-state index in [4.69, 9.17) is 9.72 Å². The molecule has 2 atom stereocenters. The fourth-order valence-electron chi connectivity index (χ4n) is 4.52. The molecule has 4 heterocycles. The van der Waals surface area contributed by atoms with Gasteiger partial charge in [0.2, 0.25) is 0 Å². The number of hydrogen-bond acceptors (Lipinski definition) is 4. The lowest BCUT2D eigenvalue weighted by atomic mass is 9.98. The van der Waals surface area contributed by atoms with Crippen molar-refractivity contribution in [3.8, 4) is 0 Å². The predicted octanol–water partition coefficient (Wildman–Crippen LogP) is 1.77. The zero-order chi connectivity index (χ0) is 15.3. The molecule has 0 saturated carbocycles. The number of aromatic nitrogens is 2. The summed E-state index contributed by atoms with van der Waals surface area (Å²) in [7, 11) is 1.45. The van der Waals surface area contributed by atoms with Crippen molar-refractivity contribution >= 4 is 6.09 Å². The van der Waals surface area contributed by atoms with Gasteiger partial charge in [-0.2, -0.15) is 0 Å². The first kappa shape index (κ1) is 14.1. The minimum Gasteiger partial charge on any atom is -0.453 e. The van der Waals surface area contributed by atoms with Crippen molar-refractivity contribution in [1.29, 1.82) is 0 Å². The standard InChI is InChI=1S/C16H24N4O2/c1-10-17-14-5-6-19(16(21)22-2)9-15(14)20(10)13-7-11-3-4-12(8-13)18-11/h11-13,18H,3-9H2,1-2H3. The van der Waals surface area contributed by atoms with Crippen LogP contribution < -0.4 is 5.32 Å². The van der Waals surface area contributed by atoms with Gasteiger partial charge in [0.25, 0.3) is 0 Å². The molecule has 3 aliphatic heterocycles. The molecule has 2 fully saturated rings. The van der Waals surface area contributed by atoms with Gasteiger partial charge < -0.3 is 19.5 Å². The molecule has 4 rings (SSSR count). The first-order chi connectivity index (χ1) is 10.7. The Morgan fingerprint density at radius 2 is 2.05 bits per heavy atom. The van der Waals surface area contributed by atoms with Crippen molar-refractivity contribution in [3.63, 3.8) is 0 Å². The molecule has 0 aromatic carbocycles. The van der Waals surface area contributed by atoms with Crippen LogP contribution in [0.5, 0.6) is 0 Å². The number of carbonyl (C=O) groups is 1. The van der Waals surface area contributed by atoms with Gasteiger partial charge >= 0.3 is 6.09 Å². The number of rotatable bonds is 1. The Morgan fingerprint density at radius 1 is 1.32 bits per heavy atom. The molecule has 1 aromatic heterocycles. The third-order valence-corrected chi connectivity index (χ3v) is 5.47. The summed E-state index contributed by atoms with van der Waals surface area (Å²) in [5.74, 6) is 1.10. The van der Waals surface area contributed by atoms with Crippen molar-refractivity contribution in [3.05, 3.63) is 17.2 Å². The Labute approximate surface area is 130 Å². The fraction of sp³-hybridized carbons (Fsp3) is 0.750. The quantitative estimate of drug-likeness (QED) is 0.859. The molecule has 2 bridgehead atoms. The van der Waals surface area contributed by atoms with Gasteiger partial charge in [-0.3, -0.25) is 0 Å². The number of aryl methyl sites for hydroxylation is 1. The summed E-state index contributed by atoms with van der Waals surface area (Å²) in [6.45, 7) is 3.43. The van der Waals surface area contributed by atoms with E-state index in [-0.39, 0.29) is 6.09 Å². The van der Waals surface area contributed by atoms with Crippen molar-refractivity contribution in [1.82, 2.24) is 19.8 Å². The summed E-state index contributed by atoms with van der Waals surface area (Å²) in [6.07, 6.45) is 5.55. The summed E-state index contributed by atoms with van der Waals surface area (Å²) >= 11 is 0. The Kier molecular flexibility index (Phi) is 3.36. The molecule has 0 radical (unpaired) electrons. The van der Waals surface area contributed by atoms with E-state index in [9.17, 15) is 4.79 Å². The van der Waals surface area contributed by atoms with E-state index in [0.29, 0.717) is 31.2 Å². The van der Waals surface area contributed by atoms with Gasteiger partial charge in [0.1, 0.15) is 5.82 Å². The molecule has 2 saturated heterocycles. The SMILES string of the molecule is COC(=O)N1CCc2nc(C)n(C3CC4CCC(C3)N4)c2C1. The summed E-state index contributed by atoms with van der Waals surface area (Å²) in [4.78, 5) is 18.4. The number of imidazole rings is 1. The number of amides is 1. The van der Waals surface area contributed by atoms with Crippen LogP contribution in [0, 0.1) is 6.92 Å². The third kappa shape index (κ3) is 2.20. The van der Waals surface area contributed by atoms with E-state index < -0.39 is 0 Å². The predicted molar refractivity (Wildman–Crippen MR) is 81.7 cm³/mol. The normalized spacial score (nSPS) is 30.3. The van der Waals surface area contributed by atoms with E-state index >= 15 is 0 Å². The molecule has 6 heteroatoms. The molecular formula is C16H24N4O2. The van der Waals surface area contributed by atoms with E-state index in [1.165, 1.54) is 44.2 Å². The van der Waals surface area contributed by atoms with Gasteiger partial charge in [-0.1, -0.05) is 0 Å². The minimum absolute atomic E-state index is 0.235. The summed E-state index contributed by atoms with van der Waals surface area (Å²) < 4.78 is 7.30. The molecule has 1 amide bonds. The van der Waals surface area contributed by atoms with E-state index in [2.05, 4.69) is 16.8 Å². The second kappa shape index (κ2) is 5.26. The number of nitrogens with one attached hydrogen (secondary N) is 1. The highest BCUT2D eigenvalue weighted by Gasteiger charge is 2.37. The largest absolute Gasteiger partial charge is 0.453 e. The van der Waals surface area contributed by atoms with Gasteiger partial charge in [-0.25, -0.2) is 9.78 Å². The van der Waals surface area contributed by atoms with Crippen molar-refractivity contribution in [2.45, 2.75) is 63.7 Å². The second-order valence-corrected chi connectivity index (χ2v) is 6.83. The summed E-state index contributed by atoms with van der Waals surface area (Å²) in [5, 5.41) is 3.70. The van der Waals surface area contributed by atoms with Crippen LogP contribution >= 0.6 is 0 Å². The second-order valence-electron chi connectivity index (χ2n) is 6.83. The zero-order valence-electron chi connectivity index (χ0n) is 13.3. The number of hydrogen-bond donors (Lipinski definition) is 1. The summed E-state index contributed by atoms with van der Waals surface area (Å²) in [5.41, 5.74) is 2.39. The number of carbonyl (C=O) groups excluding carboxylic acids is 1. The third-order valence-electron chi connectivity index (χ3n) is 5.47. The van der Waals surface area contributed by atoms with Crippen molar-refractivity contribution < 1.29 is 9.53 Å². The highest BCUT2D eigenvalue weighted by Crippen LogP contribution is 2.36. The molecule has 22 heavy (non-hydrogen) atoms. The molecule has 0 aliphatic carbocycles. The first-order valence-corrected chi connectivity index (χ1v) is 8.31. The lowest BCUT2D eigenvalue weighted by molar-refractivity contribution is 0.116. The van der Waals surface area contributed by atoms with Crippen LogP contribution in [0.15, 0.2) is 0 Å². The van der Waals surface area contributed by atoms with E-state index in [0.717, 1.165) is 12.2 Å². The fourth-order valence-corrected chi connectivity index (χ4v) is 4.52. The van der Waals surface area contributed by atoms with Crippen LogP contribution in [-0.4, -0.2) is 46.3 Å². The molecule has 3 aliphatic rings. The number of ether oxygens (including phenoxy) is 1. The smallest absolute Gasteiger partial charge is 0.409 e. The molecule has 1 aromatic rings. The van der Waals surface area contributed by atoms with Crippen LogP contribution in [0.2, 0.25) is 0 Å². The average Bonchev–Trinajstić information content (AvgIpc) is 3.03. The molecule has 0 spiro atoms. The maximum absolute atomic E-state index is 11.8. The van der Waals surface area contributed by atoms with Crippen molar-refractivity contribution in [2.75, 3.05) is 13.7 Å². The maximum Gasteiger partial charge on any atom is 0.409 e. The number of fused-ring (bicyclic) bond motifs is 3. The lowest BCUT2D eigenvalue weighted by Crippen LogP contribution is -2.41. The van der Waals surface area contributed by atoms with Crippen LogP contribution in [0.25, 0.3) is 0 Å². The maximum atomic E-state index is 11.8. The van der Waals surface area contributed by atoms with Gasteiger partial charge in [0.05, 0.1) is 25.0 Å². The van der Waals surface area contributed by atoms with Crippen LogP contribution in [0.4, 0.5) is 4.79 Å². The van der Waals surface area contributed by atoms with Gasteiger partial charge in [-0.15, -0.1) is 0 Å². The van der Waals surface area contributed by atoms with Gasteiger partial charge in [-0.05, 0) is 32.6 Å². The zero-order valence-corrected chi connectivity index (χ0v) is 13.3. The Bertz CT molecular complexity index is 585. The van der Waals surface area contributed by atoms with Gasteiger partial charge in [0.15, 0.2) is 0 Å². The Morgan fingerprint density at radius 3 is 2.73 bits per heavy atom. The van der Waals surface area contributed by atoms with Crippen molar-refractivity contribution in [2.24, 2.45) is 0 Å². The molecule has 6 nitrogen and oxygen atoms in total. The van der Waals surface area contributed by atoms with Crippen LogP contribution in [0.1, 0.15) is 48.9 Å². The van der Waals surface area contributed by atoms with Gasteiger partial charge in [0, 0.05) is 31.1 Å². The molecular weight excluding hydrogens is 280 g/mol. The number of methoxy groups -OCH3 is 1. The molecule has 1 N–H and O–H groups in total. The molecule has 120 valence electrons. The van der Waals surface area contributed by atoms with E-state index in [1.807, 2.05) is 0 Å². The monoisotopic (exact) mass is 304 g/mol. The lowest BCUT2D eigenvalue weighted by Gasteiger charge is -2.34. The highest BCUT2D eigenvalue weighted by molar-refractivity contribution is 5.67. The average molecular weight is 304 g/mol. The first-order valence-electron chi connectivity index (χ1n) is 8.31. The summed E-state index contributed by atoms with van der Waals surface area (Å²) in [6, 6.07) is 1.83. The topological polar surface area (TPSA) is 59.4 Å². The Balaban J connectivity index is 1.64.